The quantitative estimate of drug-likeness (QED) is 0.713. The van der Waals surface area contributed by atoms with E-state index in [1.807, 2.05) is 31.2 Å². The number of aryl methyl sites for hydroxylation is 1. The summed E-state index contributed by atoms with van der Waals surface area (Å²) in [5.41, 5.74) is 1.93. The number of para-hydroxylation sites is 1. The second kappa shape index (κ2) is 3.76. The number of carbonyl (C=O) groups is 1. The average molecular weight is 165 g/mol. The van der Waals surface area contributed by atoms with Gasteiger partial charge in [0, 0.05) is 5.69 Å². The molecular formula is C9H11NO2. The number of benzene rings is 1. The Morgan fingerprint density at radius 3 is 2.75 bits per heavy atom. The first-order valence-corrected chi connectivity index (χ1v) is 3.71. The lowest BCUT2D eigenvalue weighted by atomic mass is 10.2. The Labute approximate surface area is 71.0 Å². The van der Waals surface area contributed by atoms with Crippen molar-refractivity contribution in [1.82, 2.24) is 0 Å². The minimum atomic E-state index is -0.849. The summed E-state index contributed by atoms with van der Waals surface area (Å²) >= 11 is 0. The highest BCUT2D eigenvalue weighted by Crippen LogP contribution is 2.11. The predicted molar refractivity (Wildman–Crippen MR) is 47.3 cm³/mol. The molecule has 0 bridgehead atoms. The standard InChI is InChI=1S/C9H11NO2/c1-7-4-2-3-5-8(7)10-6-9(11)12/h2-5,10H,6H2,1H3,(H,11,12). The molecule has 1 aromatic rings. The Balaban J connectivity index is 2.63. The van der Waals surface area contributed by atoms with E-state index >= 15 is 0 Å². The maximum Gasteiger partial charge on any atom is 0.322 e. The van der Waals surface area contributed by atoms with Crippen LogP contribution in [-0.4, -0.2) is 17.6 Å². The monoisotopic (exact) mass is 165 g/mol. The van der Waals surface area contributed by atoms with Crippen molar-refractivity contribution in [3.63, 3.8) is 0 Å². The Kier molecular flexibility index (Phi) is 2.69. The van der Waals surface area contributed by atoms with Gasteiger partial charge in [0.2, 0.25) is 0 Å². The van der Waals surface area contributed by atoms with E-state index in [-0.39, 0.29) is 6.54 Å². The van der Waals surface area contributed by atoms with Gasteiger partial charge in [0.1, 0.15) is 6.54 Å². The molecule has 0 heterocycles. The molecule has 64 valence electrons. The number of hydrogen-bond donors (Lipinski definition) is 2. The minimum Gasteiger partial charge on any atom is -0.480 e. The van der Waals surface area contributed by atoms with E-state index in [4.69, 9.17) is 5.11 Å². The molecule has 0 aliphatic carbocycles. The average Bonchev–Trinajstić information content (AvgIpc) is 2.03. The molecule has 0 fully saturated rings. The van der Waals surface area contributed by atoms with Crippen LogP contribution in [0.2, 0.25) is 0 Å². The zero-order valence-electron chi connectivity index (χ0n) is 6.87. The second-order valence-electron chi connectivity index (χ2n) is 2.56. The van der Waals surface area contributed by atoms with Crippen LogP contribution in [-0.2, 0) is 4.79 Å². The number of rotatable bonds is 3. The fraction of sp³-hybridized carbons (Fsp3) is 0.222. The lowest BCUT2D eigenvalue weighted by molar-refractivity contribution is -0.134. The van der Waals surface area contributed by atoms with E-state index in [0.717, 1.165) is 11.3 Å². The Bertz CT molecular complexity index is 284. The van der Waals surface area contributed by atoms with Crippen molar-refractivity contribution in [2.45, 2.75) is 6.92 Å². The van der Waals surface area contributed by atoms with Gasteiger partial charge in [-0.1, -0.05) is 18.2 Å². The van der Waals surface area contributed by atoms with Crippen LogP contribution in [0.15, 0.2) is 24.3 Å². The zero-order valence-corrected chi connectivity index (χ0v) is 6.87. The summed E-state index contributed by atoms with van der Waals surface area (Å²) in [5, 5.41) is 11.2. The van der Waals surface area contributed by atoms with E-state index < -0.39 is 5.97 Å². The first kappa shape index (κ1) is 8.59. The molecule has 1 rings (SSSR count). The molecule has 0 amide bonds. The van der Waals surface area contributed by atoms with Gasteiger partial charge in [-0.2, -0.15) is 0 Å². The van der Waals surface area contributed by atoms with Gasteiger partial charge in [0.25, 0.3) is 0 Å². The number of hydrogen-bond acceptors (Lipinski definition) is 2. The predicted octanol–water partition coefficient (Wildman–Crippen LogP) is 1.49. The minimum absolute atomic E-state index is 0.0369. The summed E-state index contributed by atoms with van der Waals surface area (Å²) in [7, 11) is 0. The molecule has 2 N–H and O–H groups in total. The van der Waals surface area contributed by atoms with E-state index in [0.29, 0.717) is 0 Å². The van der Waals surface area contributed by atoms with Crippen molar-refractivity contribution in [3.8, 4) is 0 Å². The first-order valence-electron chi connectivity index (χ1n) is 3.71. The molecule has 3 heteroatoms. The SMILES string of the molecule is Cc1ccccc1NCC(=O)O. The van der Waals surface area contributed by atoms with Gasteiger partial charge < -0.3 is 10.4 Å². The van der Waals surface area contributed by atoms with E-state index in [1.54, 1.807) is 0 Å². The normalized spacial score (nSPS) is 9.42. The highest BCUT2D eigenvalue weighted by molar-refractivity contribution is 5.73. The summed E-state index contributed by atoms with van der Waals surface area (Å²) in [5.74, 6) is -0.849. The third-order valence-electron chi connectivity index (χ3n) is 1.58. The van der Waals surface area contributed by atoms with Crippen molar-refractivity contribution in [1.29, 1.82) is 0 Å². The zero-order chi connectivity index (χ0) is 8.97. The second-order valence-corrected chi connectivity index (χ2v) is 2.56. The number of carboxylic acids is 1. The van der Waals surface area contributed by atoms with Crippen LogP contribution in [0.1, 0.15) is 5.56 Å². The van der Waals surface area contributed by atoms with Crippen LogP contribution < -0.4 is 5.32 Å². The third kappa shape index (κ3) is 2.27. The van der Waals surface area contributed by atoms with Gasteiger partial charge in [0.15, 0.2) is 0 Å². The van der Waals surface area contributed by atoms with Crippen LogP contribution in [0.4, 0.5) is 5.69 Å². The van der Waals surface area contributed by atoms with E-state index in [9.17, 15) is 4.79 Å². The molecule has 1 aromatic carbocycles. The molecule has 0 aromatic heterocycles. The van der Waals surface area contributed by atoms with Gasteiger partial charge in [0.05, 0.1) is 0 Å². The molecule has 0 spiro atoms. The summed E-state index contributed by atoms with van der Waals surface area (Å²) < 4.78 is 0. The van der Waals surface area contributed by atoms with Crippen molar-refractivity contribution in [2.24, 2.45) is 0 Å². The van der Waals surface area contributed by atoms with Gasteiger partial charge in [-0.15, -0.1) is 0 Å². The van der Waals surface area contributed by atoms with Gasteiger partial charge >= 0.3 is 5.97 Å². The van der Waals surface area contributed by atoms with Crippen molar-refractivity contribution >= 4 is 11.7 Å². The fourth-order valence-corrected chi connectivity index (χ4v) is 0.942. The van der Waals surface area contributed by atoms with Gasteiger partial charge in [-0.25, -0.2) is 0 Å². The largest absolute Gasteiger partial charge is 0.480 e. The maximum absolute atomic E-state index is 10.2. The Morgan fingerprint density at radius 1 is 1.50 bits per heavy atom. The molecule has 0 unspecified atom stereocenters. The summed E-state index contributed by atoms with van der Waals surface area (Å²) in [6.45, 7) is 1.90. The molecule has 0 atom stereocenters. The highest BCUT2D eigenvalue weighted by Gasteiger charge is 1.98. The smallest absolute Gasteiger partial charge is 0.322 e. The fourth-order valence-electron chi connectivity index (χ4n) is 0.942. The topological polar surface area (TPSA) is 49.3 Å². The number of anilines is 1. The van der Waals surface area contributed by atoms with Gasteiger partial charge in [-0.05, 0) is 18.6 Å². The lowest BCUT2D eigenvalue weighted by Crippen LogP contribution is -2.12. The first-order chi connectivity index (χ1) is 5.70. The Morgan fingerprint density at radius 2 is 2.17 bits per heavy atom. The summed E-state index contributed by atoms with van der Waals surface area (Å²) in [6, 6.07) is 7.58. The van der Waals surface area contributed by atoms with E-state index in [1.165, 1.54) is 0 Å². The number of nitrogens with one attached hydrogen (secondary N) is 1. The molecule has 0 saturated carbocycles. The van der Waals surface area contributed by atoms with Crippen molar-refractivity contribution < 1.29 is 9.90 Å². The van der Waals surface area contributed by atoms with Crippen LogP contribution in [0.25, 0.3) is 0 Å². The van der Waals surface area contributed by atoms with Gasteiger partial charge in [-0.3, -0.25) is 4.79 Å². The maximum atomic E-state index is 10.2. The molecule has 0 aliphatic heterocycles. The number of carboxylic acid groups (broad SMARTS) is 1. The lowest BCUT2D eigenvalue weighted by Gasteiger charge is -2.05. The summed E-state index contributed by atoms with van der Waals surface area (Å²) in [6.07, 6.45) is 0. The van der Waals surface area contributed by atoms with Crippen molar-refractivity contribution in [3.05, 3.63) is 29.8 Å². The molecule has 0 saturated heterocycles. The van der Waals surface area contributed by atoms with Crippen LogP contribution in [0, 0.1) is 6.92 Å². The van der Waals surface area contributed by atoms with E-state index in [2.05, 4.69) is 5.32 Å². The van der Waals surface area contributed by atoms with Crippen molar-refractivity contribution in [2.75, 3.05) is 11.9 Å². The van der Waals surface area contributed by atoms with Crippen LogP contribution in [0.3, 0.4) is 0 Å². The molecule has 12 heavy (non-hydrogen) atoms. The summed E-state index contributed by atoms with van der Waals surface area (Å²) in [4.78, 5) is 10.2. The molecular weight excluding hydrogens is 154 g/mol. The van der Waals surface area contributed by atoms with Crippen LogP contribution in [0.5, 0.6) is 0 Å². The third-order valence-corrected chi connectivity index (χ3v) is 1.58. The van der Waals surface area contributed by atoms with Crippen LogP contribution >= 0.6 is 0 Å². The molecule has 0 radical (unpaired) electrons. The molecule has 0 aliphatic rings. The highest BCUT2D eigenvalue weighted by atomic mass is 16.4. The number of aliphatic carboxylic acids is 1. The Hall–Kier alpha value is -1.51. The molecule has 3 nitrogen and oxygen atoms in total.